The van der Waals surface area contributed by atoms with Crippen LogP contribution in [0.15, 0.2) is 12.1 Å². The predicted molar refractivity (Wildman–Crippen MR) is 82.9 cm³/mol. The number of esters is 1. The lowest BCUT2D eigenvalue weighted by Gasteiger charge is -2.28. The monoisotopic (exact) mass is 340 g/mol. The first-order chi connectivity index (χ1) is 11.5. The van der Waals surface area contributed by atoms with Crippen LogP contribution in [-0.4, -0.2) is 36.9 Å². The maximum Gasteiger partial charge on any atom is 0.339 e. The zero-order valence-electron chi connectivity index (χ0n) is 13.7. The smallest absolute Gasteiger partial charge is 0.339 e. The van der Waals surface area contributed by atoms with Crippen LogP contribution in [0.25, 0.3) is 0 Å². The molecule has 6 nitrogen and oxygen atoms in total. The molecule has 0 aromatic heterocycles. The molecule has 1 aromatic rings. The van der Waals surface area contributed by atoms with Gasteiger partial charge in [-0.2, -0.15) is 0 Å². The molecule has 0 atom stereocenters. The molecule has 1 saturated carbocycles. The molecule has 1 aliphatic carbocycles. The Labute approximate surface area is 139 Å². The van der Waals surface area contributed by atoms with Crippen LogP contribution in [-0.2, 0) is 9.53 Å². The minimum atomic E-state index is -1.22. The van der Waals surface area contributed by atoms with Gasteiger partial charge in [-0.3, -0.25) is 4.79 Å². The molecule has 1 fully saturated rings. The van der Waals surface area contributed by atoms with Gasteiger partial charge in [0.25, 0.3) is 0 Å². The second-order valence-corrected chi connectivity index (χ2v) is 5.63. The summed E-state index contributed by atoms with van der Waals surface area (Å²) >= 11 is 0. The molecule has 0 bridgehead atoms. The minimum Gasteiger partial charge on any atom is -0.496 e. The number of hydrogen-bond donors (Lipinski definition) is 1. The maximum absolute atomic E-state index is 14.1. The number of aromatic carboxylic acids is 1. The summed E-state index contributed by atoms with van der Waals surface area (Å²) in [6.07, 6.45) is 2.11. The molecule has 0 heterocycles. The molecule has 0 unspecified atom stereocenters. The van der Waals surface area contributed by atoms with E-state index in [9.17, 15) is 14.0 Å². The molecule has 0 radical (unpaired) electrons. The van der Waals surface area contributed by atoms with Gasteiger partial charge in [-0.15, -0.1) is 0 Å². The van der Waals surface area contributed by atoms with Gasteiger partial charge in [-0.05, 0) is 32.6 Å². The van der Waals surface area contributed by atoms with Crippen LogP contribution in [0.2, 0.25) is 0 Å². The Morgan fingerprint density at radius 2 is 1.88 bits per heavy atom. The van der Waals surface area contributed by atoms with Gasteiger partial charge < -0.3 is 19.3 Å². The van der Waals surface area contributed by atoms with Gasteiger partial charge in [0, 0.05) is 12.1 Å². The zero-order chi connectivity index (χ0) is 17.7. The van der Waals surface area contributed by atoms with Crippen LogP contribution in [0.3, 0.4) is 0 Å². The first kappa shape index (κ1) is 18.0. The van der Waals surface area contributed by atoms with E-state index in [4.69, 9.17) is 19.3 Å². The van der Waals surface area contributed by atoms with Crippen LogP contribution in [0.5, 0.6) is 11.5 Å². The summed E-state index contributed by atoms with van der Waals surface area (Å²) in [4.78, 5) is 22.9. The molecule has 24 heavy (non-hydrogen) atoms. The summed E-state index contributed by atoms with van der Waals surface area (Å²) in [7, 11) is 1.28. The van der Waals surface area contributed by atoms with E-state index in [-0.39, 0.29) is 35.1 Å². The van der Waals surface area contributed by atoms with Crippen molar-refractivity contribution in [2.75, 3.05) is 13.7 Å². The van der Waals surface area contributed by atoms with Gasteiger partial charge in [-0.1, -0.05) is 0 Å². The maximum atomic E-state index is 14.1. The first-order valence-corrected chi connectivity index (χ1v) is 7.90. The van der Waals surface area contributed by atoms with E-state index in [2.05, 4.69) is 0 Å². The third kappa shape index (κ3) is 4.15. The highest BCUT2D eigenvalue weighted by Crippen LogP contribution is 2.32. The molecular formula is C17H21FO6. The molecule has 1 aliphatic rings. The second-order valence-electron chi connectivity index (χ2n) is 5.63. The van der Waals surface area contributed by atoms with Crippen molar-refractivity contribution in [1.82, 2.24) is 0 Å². The Hall–Kier alpha value is -2.31. The van der Waals surface area contributed by atoms with Crippen LogP contribution in [0, 0.1) is 11.7 Å². The summed E-state index contributed by atoms with van der Waals surface area (Å²) in [5.74, 6) is -2.43. The van der Waals surface area contributed by atoms with E-state index in [1.807, 2.05) is 0 Å². The van der Waals surface area contributed by atoms with Crippen molar-refractivity contribution >= 4 is 11.9 Å². The van der Waals surface area contributed by atoms with Gasteiger partial charge in [0.15, 0.2) is 11.6 Å². The van der Waals surface area contributed by atoms with Gasteiger partial charge in [0.1, 0.15) is 11.3 Å². The van der Waals surface area contributed by atoms with E-state index in [1.165, 1.54) is 7.11 Å². The fourth-order valence-corrected chi connectivity index (χ4v) is 2.82. The minimum absolute atomic E-state index is 0.0571. The SMILES string of the molecule is CCOC(=O)C1CCC(Oc2cc(C(=O)O)c(OC)cc2F)CC1. The fraction of sp³-hybridized carbons (Fsp3) is 0.529. The number of carbonyl (C=O) groups is 2. The number of halogens is 1. The third-order valence-electron chi connectivity index (χ3n) is 4.07. The summed E-state index contributed by atoms with van der Waals surface area (Å²) in [6, 6.07) is 2.14. The Bertz CT molecular complexity index is 607. The highest BCUT2D eigenvalue weighted by molar-refractivity contribution is 5.91. The number of carbonyl (C=O) groups excluding carboxylic acids is 1. The standard InChI is InChI=1S/C17H21FO6/c1-3-23-17(21)10-4-6-11(7-5-10)24-15-8-12(16(19)20)14(22-2)9-13(15)18/h8-11H,3-7H2,1-2H3,(H,19,20). The van der Waals surface area contributed by atoms with E-state index >= 15 is 0 Å². The van der Waals surface area contributed by atoms with Crippen LogP contribution in [0.4, 0.5) is 4.39 Å². The summed E-state index contributed by atoms with van der Waals surface area (Å²) in [5.41, 5.74) is -0.158. The largest absolute Gasteiger partial charge is 0.496 e. The molecule has 0 aliphatic heterocycles. The molecule has 1 aromatic carbocycles. The number of benzene rings is 1. The highest BCUT2D eigenvalue weighted by atomic mass is 19.1. The van der Waals surface area contributed by atoms with E-state index in [0.717, 1.165) is 12.1 Å². The van der Waals surface area contributed by atoms with Gasteiger partial charge in [0.05, 0.1) is 25.7 Å². The topological polar surface area (TPSA) is 82.1 Å². The lowest BCUT2D eigenvalue weighted by molar-refractivity contribution is -0.149. The quantitative estimate of drug-likeness (QED) is 0.802. The van der Waals surface area contributed by atoms with E-state index in [0.29, 0.717) is 32.3 Å². The lowest BCUT2D eigenvalue weighted by atomic mass is 9.87. The van der Waals surface area contributed by atoms with Crippen molar-refractivity contribution in [3.05, 3.63) is 23.5 Å². The van der Waals surface area contributed by atoms with E-state index < -0.39 is 11.8 Å². The molecule has 0 saturated heterocycles. The number of carboxylic acid groups (broad SMARTS) is 1. The molecule has 7 heteroatoms. The van der Waals surface area contributed by atoms with Crippen LogP contribution < -0.4 is 9.47 Å². The van der Waals surface area contributed by atoms with Gasteiger partial charge >= 0.3 is 11.9 Å². The summed E-state index contributed by atoms with van der Waals surface area (Å²) in [5, 5.41) is 9.15. The van der Waals surface area contributed by atoms with Crippen LogP contribution >= 0.6 is 0 Å². The normalized spacial score (nSPS) is 20.3. The van der Waals surface area contributed by atoms with Gasteiger partial charge in [-0.25, -0.2) is 9.18 Å². The molecular weight excluding hydrogens is 319 g/mol. The Morgan fingerprint density at radius 1 is 1.21 bits per heavy atom. The van der Waals surface area contributed by atoms with Crippen LogP contribution in [0.1, 0.15) is 43.0 Å². The molecule has 0 spiro atoms. The molecule has 132 valence electrons. The Kier molecular flexibility index (Phi) is 6.00. The Morgan fingerprint density at radius 3 is 2.42 bits per heavy atom. The number of hydrogen-bond acceptors (Lipinski definition) is 5. The molecule has 0 amide bonds. The Balaban J connectivity index is 2.03. The average molecular weight is 340 g/mol. The van der Waals surface area contributed by atoms with Crippen molar-refractivity contribution in [2.24, 2.45) is 5.92 Å². The zero-order valence-corrected chi connectivity index (χ0v) is 13.7. The highest BCUT2D eigenvalue weighted by Gasteiger charge is 2.29. The number of carboxylic acids is 1. The lowest BCUT2D eigenvalue weighted by Crippen LogP contribution is -2.29. The second kappa shape index (κ2) is 7.99. The van der Waals surface area contributed by atoms with Gasteiger partial charge in [0.2, 0.25) is 0 Å². The van der Waals surface area contributed by atoms with Crippen molar-refractivity contribution in [3.63, 3.8) is 0 Å². The fourth-order valence-electron chi connectivity index (χ4n) is 2.82. The predicted octanol–water partition coefficient (Wildman–Crippen LogP) is 3.03. The first-order valence-electron chi connectivity index (χ1n) is 7.90. The number of ether oxygens (including phenoxy) is 3. The van der Waals surface area contributed by atoms with E-state index in [1.54, 1.807) is 6.92 Å². The summed E-state index contributed by atoms with van der Waals surface area (Å²) < 4.78 is 29.6. The summed E-state index contributed by atoms with van der Waals surface area (Å²) in [6.45, 7) is 2.11. The average Bonchev–Trinajstić information content (AvgIpc) is 2.57. The molecule has 2 rings (SSSR count). The van der Waals surface area contributed by atoms with Crippen molar-refractivity contribution < 1.29 is 33.3 Å². The van der Waals surface area contributed by atoms with Crippen molar-refractivity contribution in [1.29, 1.82) is 0 Å². The van der Waals surface area contributed by atoms with Crippen molar-refractivity contribution in [3.8, 4) is 11.5 Å². The number of methoxy groups -OCH3 is 1. The molecule has 1 N–H and O–H groups in total. The number of rotatable bonds is 6. The van der Waals surface area contributed by atoms with Crippen molar-refractivity contribution in [2.45, 2.75) is 38.7 Å². The third-order valence-corrected chi connectivity index (χ3v) is 4.07.